The summed E-state index contributed by atoms with van der Waals surface area (Å²) in [6, 6.07) is 0.312. The number of thiazole rings is 1. The van der Waals surface area contributed by atoms with E-state index in [4.69, 9.17) is 4.74 Å². The molecule has 8 heteroatoms. The first-order valence-electron chi connectivity index (χ1n) is 8.50. The average Bonchev–Trinajstić information content (AvgIpc) is 2.99. The second-order valence-corrected chi connectivity index (χ2v) is 6.98. The normalized spacial score (nSPS) is 16.1. The first-order chi connectivity index (χ1) is 11.6. The molecule has 2 N–H and O–H groups in total. The number of aromatic nitrogens is 1. The standard InChI is InChI=1S/C16H27N5O2S/c1-4-17-15(19-11-14-18-10-12(3)24-14)20-13-6-8-21(9-7-13)16(22)23-5-2/h10,13H,4-9,11H2,1-3H3,(H2,17,19,20). The van der Waals surface area contributed by atoms with Gasteiger partial charge in [-0.05, 0) is 33.6 Å². The van der Waals surface area contributed by atoms with Gasteiger partial charge in [0.15, 0.2) is 5.96 Å². The Hall–Kier alpha value is -1.83. The molecule has 7 nitrogen and oxygen atoms in total. The third kappa shape index (κ3) is 5.67. The fourth-order valence-corrected chi connectivity index (χ4v) is 3.27. The highest BCUT2D eigenvalue weighted by Gasteiger charge is 2.24. The molecule has 0 aromatic carbocycles. The molecule has 24 heavy (non-hydrogen) atoms. The fraction of sp³-hybridized carbons (Fsp3) is 0.688. The molecular formula is C16H27N5O2S. The van der Waals surface area contributed by atoms with Gasteiger partial charge in [0.25, 0.3) is 0 Å². The quantitative estimate of drug-likeness (QED) is 0.626. The molecule has 0 saturated carbocycles. The van der Waals surface area contributed by atoms with Crippen molar-refractivity contribution in [2.45, 2.75) is 46.2 Å². The molecule has 0 aliphatic carbocycles. The second kappa shape index (κ2) is 9.46. The lowest BCUT2D eigenvalue weighted by atomic mass is 10.1. The first-order valence-corrected chi connectivity index (χ1v) is 9.31. The van der Waals surface area contributed by atoms with Gasteiger partial charge < -0.3 is 20.3 Å². The molecule has 0 bridgehead atoms. The SMILES string of the molecule is CCNC(=NCc1ncc(C)s1)NC1CCN(C(=O)OCC)CC1. The van der Waals surface area contributed by atoms with Crippen molar-refractivity contribution >= 4 is 23.4 Å². The summed E-state index contributed by atoms with van der Waals surface area (Å²) >= 11 is 1.67. The third-order valence-corrected chi connectivity index (χ3v) is 4.65. The summed E-state index contributed by atoms with van der Waals surface area (Å²) in [5.74, 6) is 0.805. The molecular weight excluding hydrogens is 326 g/mol. The Kier molecular flexibility index (Phi) is 7.30. The fourth-order valence-electron chi connectivity index (χ4n) is 2.56. The summed E-state index contributed by atoms with van der Waals surface area (Å²) in [5, 5.41) is 7.75. The van der Waals surface area contributed by atoms with E-state index < -0.39 is 0 Å². The van der Waals surface area contributed by atoms with Crippen LogP contribution in [0.1, 0.15) is 36.6 Å². The van der Waals surface area contributed by atoms with Gasteiger partial charge in [0.1, 0.15) is 5.01 Å². The second-order valence-electron chi connectivity index (χ2n) is 5.66. The van der Waals surface area contributed by atoms with Gasteiger partial charge >= 0.3 is 6.09 Å². The minimum atomic E-state index is -0.212. The lowest BCUT2D eigenvalue weighted by molar-refractivity contribution is 0.0963. The van der Waals surface area contributed by atoms with E-state index in [1.54, 1.807) is 16.2 Å². The maximum absolute atomic E-state index is 11.7. The number of nitrogens with zero attached hydrogens (tertiary/aromatic N) is 3. The first kappa shape index (κ1) is 18.5. The van der Waals surface area contributed by atoms with Gasteiger partial charge in [-0.2, -0.15) is 0 Å². The number of aliphatic imine (C=N–C) groups is 1. The van der Waals surface area contributed by atoms with Crippen molar-refractivity contribution in [2.75, 3.05) is 26.2 Å². The molecule has 1 aliphatic heterocycles. The Bertz CT molecular complexity index is 552. The van der Waals surface area contributed by atoms with Crippen LogP contribution in [-0.4, -0.2) is 54.2 Å². The molecule has 1 aliphatic rings. The van der Waals surface area contributed by atoms with Crippen molar-refractivity contribution < 1.29 is 9.53 Å². The van der Waals surface area contributed by atoms with Crippen LogP contribution in [-0.2, 0) is 11.3 Å². The van der Waals surface area contributed by atoms with Gasteiger partial charge in [-0.15, -0.1) is 11.3 Å². The van der Waals surface area contributed by atoms with Crippen molar-refractivity contribution in [3.63, 3.8) is 0 Å². The Balaban J connectivity index is 1.84. The summed E-state index contributed by atoms with van der Waals surface area (Å²) in [6.45, 7) is 9.16. The Morgan fingerprint density at radius 1 is 1.46 bits per heavy atom. The number of amides is 1. The van der Waals surface area contributed by atoms with E-state index in [1.165, 1.54) is 4.88 Å². The largest absolute Gasteiger partial charge is 0.450 e. The number of hydrogen-bond acceptors (Lipinski definition) is 5. The van der Waals surface area contributed by atoms with Gasteiger partial charge in [-0.25, -0.2) is 14.8 Å². The molecule has 1 saturated heterocycles. The highest BCUT2D eigenvalue weighted by molar-refractivity contribution is 7.11. The molecule has 1 fully saturated rings. The van der Waals surface area contributed by atoms with E-state index >= 15 is 0 Å². The van der Waals surface area contributed by atoms with E-state index in [9.17, 15) is 4.79 Å². The summed E-state index contributed by atoms with van der Waals surface area (Å²) < 4.78 is 5.05. The van der Waals surface area contributed by atoms with Crippen LogP contribution in [0, 0.1) is 6.92 Å². The van der Waals surface area contributed by atoms with Gasteiger partial charge in [0, 0.05) is 36.8 Å². The van der Waals surface area contributed by atoms with E-state index in [0.29, 0.717) is 32.3 Å². The van der Waals surface area contributed by atoms with Crippen LogP contribution >= 0.6 is 11.3 Å². The zero-order valence-electron chi connectivity index (χ0n) is 14.7. The van der Waals surface area contributed by atoms with E-state index in [-0.39, 0.29) is 6.09 Å². The molecule has 0 spiro atoms. The minimum absolute atomic E-state index is 0.212. The van der Waals surface area contributed by atoms with Crippen molar-refractivity contribution in [1.29, 1.82) is 0 Å². The maximum Gasteiger partial charge on any atom is 0.409 e. The third-order valence-electron chi connectivity index (χ3n) is 3.75. The summed E-state index contributed by atoms with van der Waals surface area (Å²) in [5.41, 5.74) is 0. The van der Waals surface area contributed by atoms with Crippen LogP contribution in [0.25, 0.3) is 0 Å². The van der Waals surface area contributed by atoms with Crippen LogP contribution in [0.3, 0.4) is 0 Å². The zero-order valence-corrected chi connectivity index (χ0v) is 15.5. The molecule has 2 rings (SSSR count). The average molecular weight is 353 g/mol. The van der Waals surface area contributed by atoms with Gasteiger partial charge in [-0.1, -0.05) is 0 Å². The number of likely N-dealkylation sites (tertiary alicyclic amines) is 1. The summed E-state index contributed by atoms with van der Waals surface area (Å²) in [6.07, 6.45) is 3.44. The van der Waals surface area contributed by atoms with Gasteiger partial charge in [0.05, 0.1) is 13.2 Å². The number of nitrogens with one attached hydrogen (secondary N) is 2. The number of carbonyl (C=O) groups excluding carboxylic acids is 1. The number of rotatable bonds is 5. The van der Waals surface area contributed by atoms with Crippen LogP contribution in [0.5, 0.6) is 0 Å². The molecule has 1 aromatic rings. The number of guanidine groups is 1. The molecule has 0 radical (unpaired) electrons. The Morgan fingerprint density at radius 2 is 2.21 bits per heavy atom. The van der Waals surface area contributed by atoms with Crippen molar-refractivity contribution in [2.24, 2.45) is 4.99 Å². The predicted octanol–water partition coefficient (Wildman–Crippen LogP) is 2.13. The van der Waals surface area contributed by atoms with E-state index in [1.807, 2.05) is 27.0 Å². The van der Waals surface area contributed by atoms with Gasteiger partial charge in [0.2, 0.25) is 0 Å². The summed E-state index contributed by atoms with van der Waals surface area (Å²) in [7, 11) is 0. The molecule has 1 aromatic heterocycles. The number of ether oxygens (including phenoxy) is 1. The number of piperidine rings is 1. The minimum Gasteiger partial charge on any atom is -0.450 e. The number of carbonyl (C=O) groups is 1. The highest BCUT2D eigenvalue weighted by atomic mass is 32.1. The van der Waals surface area contributed by atoms with Crippen LogP contribution in [0.15, 0.2) is 11.2 Å². The lowest BCUT2D eigenvalue weighted by Gasteiger charge is -2.32. The van der Waals surface area contributed by atoms with Gasteiger partial charge in [-0.3, -0.25) is 0 Å². The van der Waals surface area contributed by atoms with Crippen LogP contribution < -0.4 is 10.6 Å². The molecule has 1 amide bonds. The number of hydrogen-bond donors (Lipinski definition) is 2. The predicted molar refractivity (Wildman–Crippen MR) is 96.4 cm³/mol. The van der Waals surface area contributed by atoms with Crippen LogP contribution in [0.4, 0.5) is 4.79 Å². The molecule has 2 heterocycles. The van der Waals surface area contributed by atoms with Crippen molar-refractivity contribution in [3.05, 3.63) is 16.1 Å². The zero-order chi connectivity index (χ0) is 17.4. The van der Waals surface area contributed by atoms with Crippen molar-refractivity contribution in [1.82, 2.24) is 20.5 Å². The van der Waals surface area contributed by atoms with Crippen LogP contribution in [0.2, 0.25) is 0 Å². The Morgan fingerprint density at radius 3 is 2.79 bits per heavy atom. The lowest BCUT2D eigenvalue weighted by Crippen LogP contribution is -2.49. The topological polar surface area (TPSA) is 78.9 Å². The highest BCUT2D eigenvalue weighted by Crippen LogP contribution is 2.13. The molecule has 0 atom stereocenters. The molecule has 134 valence electrons. The number of aryl methyl sites for hydroxylation is 1. The molecule has 0 unspecified atom stereocenters. The Labute approximate surface area is 147 Å². The van der Waals surface area contributed by atoms with E-state index in [2.05, 4.69) is 20.6 Å². The van der Waals surface area contributed by atoms with E-state index in [0.717, 1.165) is 30.4 Å². The van der Waals surface area contributed by atoms with Crippen molar-refractivity contribution in [3.8, 4) is 0 Å². The monoisotopic (exact) mass is 353 g/mol. The summed E-state index contributed by atoms with van der Waals surface area (Å²) in [4.78, 5) is 23.6. The smallest absolute Gasteiger partial charge is 0.409 e. The maximum atomic E-state index is 11.7.